The van der Waals surface area contributed by atoms with Crippen LogP contribution in [0.5, 0.6) is 5.75 Å². The standard InChI is InChI=1S/C44H61N5O6/c1-26-36-20-33(44(36,3)4)21-37(26)47-43(53)40-39(27(2)51)38(25-50)55-49(40)23-30-14-11-15-35(41(30)54-7)31-16-29(22-45)17-32(19-31)42(52)46-34(24-48(5)6)18-28-12-9-8-10-13-28/h8-17,19,26-27,33-34,36-40,50-51H,18,20-25,45H2,1-7H3,(H,46,52)(H,47,53)/t26-,27-,33+,34?,36-,37-,38-,39+,40-/m0/s1. The third-order valence-electron chi connectivity index (χ3n) is 12.7. The van der Waals surface area contributed by atoms with Crippen LogP contribution >= 0.6 is 0 Å². The molecule has 1 heterocycles. The first kappa shape index (κ1) is 40.8. The molecule has 1 aliphatic heterocycles. The number of hydroxylamine groups is 2. The summed E-state index contributed by atoms with van der Waals surface area (Å²) in [4.78, 5) is 36.5. The average Bonchev–Trinajstić information content (AvgIpc) is 3.53. The van der Waals surface area contributed by atoms with E-state index in [0.29, 0.717) is 42.0 Å². The Balaban J connectivity index is 1.26. The fourth-order valence-electron chi connectivity index (χ4n) is 9.70. The molecule has 2 bridgehead atoms. The summed E-state index contributed by atoms with van der Waals surface area (Å²) in [6, 6.07) is 20.6. The Morgan fingerprint density at radius 3 is 2.44 bits per heavy atom. The monoisotopic (exact) mass is 755 g/mol. The Kier molecular flexibility index (Phi) is 12.7. The Morgan fingerprint density at radius 1 is 1.07 bits per heavy atom. The van der Waals surface area contributed by atoms with Gasteiger partial charge in [-0.05, 0) is 98.3 Å². The van der Waals surface area contributed by atoms with Crippen molar-refractivity contribution in [2.24, 2.45) is 34.8 Å². The molecule has 7 rings (SSSR count). The van der Waals surface area contributed by atoms with Gasteiger partial charge >= 0.3 is 0 Å². The third kappa shape index (κ3) is 8.62. The Labute approximate surface area is 326 Å². The van der Waals surface area contributed by atoms with Crippen LogP contribution in [0.25, 0.3) is 11.1 Å². The number of likely N-dealkylation sites (N-methyl/N-ethyl adjacent to an activating group) is 1. The number of aliphatic hydroxyl groups is 2. The van der Waals surface area contributed by atoms with Crippen molar-refractivity contribution < 1.29 is 29.4 Å². The molecule has 11 nitrogen and oxygen atoms in total. The van der Waals surface area contributed by atoms with Gasteiger partial charge in [0.2, 0.25) is 5.91 Å². The van der Waals surface area contributed by atoms with E-state index < -0.39 is 24.2 Å². The first-order chi connectivity index (χ1) is 26.2. The van der Waals surface area contributed by atoms with E-state index >= 15 is 0 Å². The third-order valence-corrected chi connectivity index (χ3v) is 12.7. The average molecular weight is 756 g/mol. The number of para-hydroxylation sites is 1. The summed E-state index contributed by atoms with van der Waals surface area (Å²) in [6.07, 6.45) is 1.14. The zero-order valence-corrected chi connectivity index (χ0v) is 33.5. The minimum atomic E-state index is -0.907. The van der Waals surface area contributed by atoms with Crippen LogP contribution in [0.15, 0.2) is 66.7 Å². The molecule has 4 aliphatic rings. The van der Waals surface area contributed by atoms with E-state index in [-0.39, 0.29) is 49.0 Å². The van der Waals surface area contributed by atoms with E-state index in [1.165, 1.54) is 6.42 Å². The molecule has 298 valence electrons. The van der Waals surface area contributed by atoms with E-state index in [0.717, 1.165) is 34.2 Å². The highest BCUT2D eigenvalue weighted by molar-refractivity contribution is 5.96. The number of carbonyl (C=O) groups excluding carboxylic acids is 2. The Bertz CT molecular complexity index is 1800. The zero-order chi connectivity index (χ0) is 39.6. The SMILES string of the molecule is COc1c(CN2O[C@@H](CO)[C@@H]([C@H](C)O)[C@H]2C(=O)N[C@H]2C[C@H]3C[C@@H]([C@@H]2C)C3(C)C)cccc1-c1cc(CN)cc(C(=O)NC(Cc2ccccc2)CN(C)C)c1. The highest BCUT2D eigenvalue weighted by atomic mass is 16.7. The fourth-order valence-corrected chi connectivity index (χ4v) is 9.70. The number of benzene rings is 3. The lowest BCUT2D eigenvalue weighted by Gasteiger charge is -2.62. The molecular formula is C44H61N5O6. The van der Waals surface area contributed by atoms with Crippen LogP contribution < -0.4 is 21.1 Å². The molecule has 55 heavy (non-hydrogen) atoms. The highest BCUT2D eigenvalue weighted by Gasteiger charge is 2.57. The first-order valence-corrected chi connectivity index (χ1v) is 19.8. The zero-order valence-electron chi connectivity index (χ0n) is 33.5. The van der Waals surface area contributed by atoms with E-state index in [1.54, 1.807) is 19.1 Å². The number of amides is 2. The molecule has 0 aromatic heterocycles. The summed E-state index contributed by atoms with van der Waals surface area (Å²) < 4.78 is 6.07. The van der Waals surface area contributed by atoms with Crippen LogP contribution in [0, 0.1) is 29.1 Å². The van der Waals surface area contributed by atoms with Crippen molar-refractivity contribution in [1.29, 1.82) is 0 Å². The van der Waals surface area contributed by atoms with Gasteiger partial charge in [0.1, 0.15) is 17.9 Å². The second kappa shape index (κ2) is 17.1. The predicted octanol–water partition coefficient (Wildman–Crippen LogP) is 4.38. The van der Waals surface area contributed by atoms with Gasteiger partial charge < -0.3 is 36.2 Å². The van der Waals surface area contributed by atoms with Crippen LogP contribution in [0.2, 0.25) is 0 Å². The number of ether oxygens (including phenoxy) is 1. The number of nitrogens with two attached hydrogens (primary N) is 1. The number of fused-ring (bicyclic) bond motifs is 2. The maximum Gasteiger partial charge on any atom is 0.251 e. The minimum Gasteiger partial charge on any atom is -0.496 e. The van der Waals surface area contributed by atoms with Crippen molar-refractivity contribution in [3.8, 4) is 16.9 Å². The Hall–Kier alpha value is -3.84. The number of hydrogen-bond acceptors (Lipinski definition) is 9. The molecule has 0 radical (unpaired) electrons. The van der Waals surface area contributed by atoms with Gasteiger partial charge in [0.15, 0.2) is 0 Å². The lowest BCUT2D eigenvalue weighted by molar-refractivity contribution is -0.183. The van der Waals surface area contributed by atoms with Crippen molar-refractivity contribution >= 4 is 11.8 Å². The maximum absolute atomic E-state index is 14.3. The summed E-state index contributed by atoms with van der Waals surface area (Å²) in [7, 11) is 5.58. The minimum absolute atomic E-state index is 0.0320. The lowest BCUT2D eigenvalue weighted by Crippen LogP contribution is -2.62. The Morgan fingerprint density at radius 2 is 1.82 bits per heavy atom. The van der Waals surface area contributed by atoms with Crippen molar-refractivity contribution in [2.75, 3.05) is 34.4 Å². The number of aliphatic hydroxyl groups excluding tert-OH is 2. The molecular weight excluding hydrogens is 695 g/mol. The number of nitrogens with one attached hydrogen (secondary N) is 2. The van der Waals surface area contributed by atoms with Gasteiger partial charge in [-0.3, -0.25) is 14.4 Å². The van der Waals surface area contributed by atoms with Crippen molar-refractivity contribution in [1.82, 2.24) is 20.6 Å². The van der Waals surface area contributed by atoms with Gasteiger partial charge in [0.25, 0.3) is 5.91 Å². The molecule has 11 heteroatoms. The molecule has 3 saturated carbocycles. The highest BCUT2D eigenvalue weighted by Crippen LogP contribution is 2.61. The molecule has 6 N–H and O–H groups in total. The van der Waals surface area contributed by atoms with Crippen LogP contribution in [0.4, 0.5) is 0 Å². The number of rotatable bonds is 15. The second-order valence-electron chi connectivity index (χ2n) is 17.0. The van der Waals surface area contributed by atoms with E-state index in [4.69, 9.17) is 15.3 Å². The smallest absolute Gasteiger partial charge is 0.251 e. The summed E-state index contributed by atoms with van der Waals surface area (Å²) in [5.41, 5.74) is 11.1. The van der Waals surface area contributed by atoms with Crippen LogP contribution in [0.1, 0.15) is 67.6 Å². The summed E-state index contributed by atoms with van der Waals surface area (Å²) in [5.74, 6) is 0.955. The van der Waals surface area contributed by atoms with Gasteiger partial charge in [-0.2, -0.15) is 5.06 Å². The number of carbonyl (C=O) groups is 2. The molecule has 0 spiro atoms. The van der Waals surface area contributed by atoms with E-state index in [9.17, 15) is 19.8 Å². The predicted molar refractivity (Wildman–Crippen MR) is 214 cm³/mol. The summed E-state index contributed by atoms with van der Waals surface area (Å²) >= 11 is 0. The number of nitrogens with zero attached hydrogens (tertiary/aromatic N) is 2. The number of hydrogen-bond donors (Lipinski definition) is 5. The molecule has 3 aromatic rings. The number of methoxy groups -OCH3 is 1. The van der Waals surface area contributed by atoms with Crippen molar-refractivity contribution in [2.45, 2.75) is 90.4 Å². The second-order valence-corrected chi connectivity index (χ2v) is 17.0. The molecule has 1 unspecified atom stereocenters. The lowest BCUT2D eigenvalue weighted by atomic mass is 9.45. The van der Waals surface area contributed by atoms with Crippen LogP contribution in [-0.2, 0) is 29.1 Å². The van der Waals surface area contributed by atoms with Crippen molar-refractivity contribution in [3.63, 3.8) is 0 Å². The van der Waals surface area contributed by atoms with Gasteiger partial charge in [0, 0.05) is 47.8 Å². The molecule has 3 aliphatic carbocycles. The fraction of sp³-hybridized carbons (Fsp3) is 0.545. The summed E-state index contributed by atoms with van der Waals surface area (Å²) in [5, 5.41) is 29.5. The topological polar surface area (TPSA) is 150 Å². The molecule has 4 fully saturated rings. The van der Waals surface area contributed by atoms with Gasteiger partial charge in [-0.1, -0.05) is 69.3 Å². The van der Waals surface area contributed by atoms with E-state index in [2.05, 4.69) is 48.4 Å². The van der Waals surface area contributed by atoms with Crippen LogP contribution in [0.3, 0.4) is 0 Å². The van der Waals surface area contributed by atoms with Gasteiger partial charge in [-0.15, -0.1) is 0 Å². The van der Waals surface area contributed by atoms with Crippen LogP contribution in [-0.4, -0.2) is 96.7 Å². The van der Waals surface area contributed by atoms with Crippen molar-refractivity contribution in [3.05, 3.63) is 89.0 Å². The molecule has 2 amide bonds. The molecule has 3 aromatic carbocycles. The largest absolute Gasteiger partial charge is 0.496 e. The molecule has 1 saturated heterocycles. The maximum atomic E-state index is 14.3. The first-order valence-electron chi connectivity index (χ1n) is 19.8. The normalized spacial score (nSPS) is 26.9. The van der Waals surface area contributed by atoms with E-state index in [1.807, 2.05) is 68.7 Å². The molecule has 9 atom stereocenters. The summed E-state index contributed by atoms with van der Waals surface area (Å²) in [6.45, 7) is 9.26. The van der Waals surface area contributed by atoms with Gasteiger partial charge in [0.05, 0.1) is 26.4 Å². The van der Waals surface area contributed by atoms with Gasteiger partial charge in [-0.25, -0.2) is 0 Å². The quantitative estimate of drug-likeness (QED) is 0.152.